The standard InChI is InChI=1S/C23H22F4N4O3/c1-3-9-28-23(33)20-17(11-31(4-2)30-20)29-22(32)14-7-5-13(6-8-14)12-34-21-18(26)15(24)10-16(25)19(21)27/h5-8,10-11H,3-4,9,12H2,1-2H3,(H,28,33)(H,29,32). The molecule has 180 valence electrons. The molecule has 1 heterocycles. The molecule has 0 saturated carbocycles. The fourth-order valence-electron chi connectivity index (χ4n) is 2.95. The average Bonchev–Trinajstić information content (AvgIpc) is 3.24. The van der Waals surface area contributed by atoms with Gasteiger partial charge in [-0.3, -0.25) is 14.3 Å². The number of carbonyl (C=O) groups is 2. The molecule has 2 amide bonds. The van der Waals surface area contributed by atoms with Crippen molar-refractivity contribution < 1.29 is 31.9 Å². The Morgan fingerprint density at radius 3 is 2.24 bits per heavy atom. The highest BCUT2D eigenvalue weighted by Gasteiger charge is 2.21. The van der Waals surface area contributed by atoms with Gasteiger partial charge in [0, 0.05) is 30.9 Å². The van der Waals surface area contributed by atoms with Crippen molar-refractivity contribution in [2.75, 3.05) is 11.9 Å². The summed E-state index contributed by atoms with van der Waals surface area (Å²) in [5, 5.41) is 9.54. The zero-order chi connectivity index (χ0) is 24.8. The summed E-state index contributed by atoms with van der Waals surface area (Å²) in [6.07, 6.45) is 2.29. The Labute approximate surface area is 192 Å². The second kappa shape index (κ2) is 10.8. The van der Waals surface area contributed by atoms with Gasteiger partial charge in [0.05, 0.1) is 5.69 Å². The van der Waals surface area contributed by atoms with E-state index in [4.69, 9.17) is 4.74 Å². The topological polar surface area (TPSA) is 85.3 Å². The molecule has 0 bridgehead atoms. The number of aryl methyl sites for hydroxylation is 1. The van der Waals surface area contributed by atoms with E-state index in [0.29, 0.717) is 18.7 Å². The van der Waals surface area contributed by atoms with Gasteiger partial charge in [0.25, 0.3) is 11.8 Å². The maximum Gasteiger partial charge on any atom is 0.273 e. The summed E-state index contributed by atoms with van der Waals surface area (Å²) < 4.78 is 60.4. The summed E-state index contributed by atoms with van der Waals surface area (Å²) in [4.78, 5) is 25.0. The number of nitrogens with zero attached hydrogens (tertiary/aromatic N) is 2. The molecule has 0 spiro atoms. The van der Waals surface area contributed by atoms with Gasteiger partial charge in [-0.25, -0.2) is 8.78 Å². The number of benzene rings is 2. The van der Waals surface area contributed by atoms with E-state index < -0.39 is 47.4 Å². The molecule has 1 aromatic heterocycles. The minimum absolute atomic E-state index is 0.0834. The van der Waals surface area contributed by atoms with Gasteiger partial charge in [0.15, 0.2) is 23.1 Å². The zero-order valence-corrected chi connectivity index (χ0v) is 18.4. The highest BCUT2D eigenvalue weighted by atomic mass is 19.2. The number of halogens is 4. The summed E-state index contributed by atoms with van der Waals surface area (Å²) >= 11 is 0. The first-order valence-corrected chi connectivity index (χ1v) is 10.5. The molecule has 11 heteroatoms. The molecule has 0 radical (unpaired) electrons. The fourth-order valence-corrected chi connectivity index (χ4v) is 2.95. The first kappa shape index (κ1) is 24.7. The van der Waals surface area contributed by atoms with E-state index in [1.165, 1.54) is 28.9 Å². The molecule has 3 rings (SSSR count). The molecule has 0 aliphatic rings. The third kappa shape index (κ3) is 5.53. The lowest BCUT2D eigenvalue weighted by Crippen LogP contribution is -2.26. The maximum atomic E-state index is 13.7. The van der Waals surface area contributed by atoms with E-state index in [1.807, 2.05) is 13.8 Å². The van der Waals surface area contributed by atoms with E-state index in [2.05, 4.69) is 15.7 Å². The number of nitrogens with one attached hydrogen (secondary N) is 2. The van der Waals surface area contributed by atoms with Crippen molar-refractivity contribution in [3.8, 4) is 5.75 Å². The van der Waals surface area contributed by atoms with Gasteiger partial charge >= 0.3 is 0 Å². The van der Waals surface area contributed by atoms with Crippen LogP contribution in [0.1, 0.15) is 46.7 Å². The Kier molecular flexibility index (Phi) is 7.87. The predicted molar refractivity (Wildman–Crippen MR) is 116 cm³/mol. The average molecular weight is 478 g/mol. The number of anilines is 1. The van der Waals surface area contributed by atoms with Crippen LogP contribution in [0.5, 0.6) is 5.75 Å². The third-order valence-electron chi connectivity index (χ3n) is 4.76. The van der Waals surface area contributed by atoms with Gasteiger partial charge in [-0.1, -0.05) is 19.1 Å². The van der Waals surface area contributed by atoms with Crippen molar-refractivity contribution in [2.24, 2.45) is 0 Å². The van der Waals surface area contributed by atoms with Crippen LogP contribution in [0.4, 0.5) is 23.2 Å². The van der Waals surface area contributed by atoms with Crippen molar-refractivity contribution in [3.63, 3.8) is 0 Å². The molecule has 0 unspecified atom stereocenters. The molecule has 0 aliphatic carbocycles. The predicted octanol–water partition coefficient (Wildman–Crippen LogP) is 4.43. The van der Waals surface area contributed by atoms with Crippen molar-refractivity contribution in [1.82, 2.24) is 15.1 Å². The van der Waals surface area contributed by atoms with Crippen LogP contribution in [-0.2, 0) is 13.2 Å². The molecule has 7 nitrogen and oxygen atoms in total. The number of hydrogen-bond donors (Lipinski definition) is 2. The Hall–Kier alpha value is -3.89. The van der Waals surface area contributed by atoms with Crippen LogP contribution < -0.4 is 15.4 Å². The van der Waals surface area contributed by atoms with Gasteiger partial charge < -0.3 is 15.4 Å². The Morgan fingerprint density at radius 1 is 1.00 bits per heavy atom. The normalized spacial score (nSPS) is 10.8. The quantitative estimate of drug-likeness (QED) is 0.352. The van der Waals surface area contributed by atoms with Crippen molar-refractivity contribution in [2.45, 2.75) is 33.4 Å². The van der Waals surface area contributed by atoms with Crippen molar-refractivity contribution >= 4 is 17.5 Å². The Morgan fingerprint density at radius 2 is 1.65 bits per heavy atom. The molecular formula is C23H22F4N4O3. The third-order valence-corrected chi connectivity index (χ3v) is 4.76. The summed E-state index contributed by atoms with van der Waals surface area (Å²) in [7, 11) is 0. The second-order valence-electron chi connectivity index (χ2n) is 7.24. The molecule has 3 aromatic rings. The minimum Gasteiger partial charge on any atom is -0.483 e. The first-order valence-electron chi connectivity index (χ1n) is 10.5. The SMILES string of the molecule is CCCNC(=O)c1nn(CC)cc1NC(=O)c1ccc(COc2c(F)c(F)cc(F)c2F)cc1. The zero-order valence-electron chi connectivity index (χ0n) is 18.4. The number of amides is 2. The van der Waals surface area contributed by atoms with Crippen LogP contribution >= 0.6 is 0 Å². The van der Waals surface area contributed by atoms with E-state index in [0.717, 1.165) is 6.42 Å². The fraction of sp³-hybridized carbons (Fsp3) is 0.261. The summed E-state index contributed by atoms with van der Waals surface area (Å²) in [5.74, 6) is -8.52. The molecule has 2 N–H and O–H groups in total. The Balaban J connectivity index is 1.70. The van der Waals surface area contributed by atoms with Crippen LogP contribution in [0.2, 0.25) is 0 Å². The van der Waals surface area contributed by atoms with Crippen molar-refractivity contribution in [1.29, 1.82) is 0 Å². The van der Waals surface area contributed by atoms with E-state index in [-0.39, 0.29) is 23.0 Å². The van der Waals surface area contributed by atoms with Crippen molar-refractivity contribution in [3.05, 3.63) is 76.6 Å². The second-order valence-corrected chi connectivity index (χ2v) is 7.24. The van der Waals surface area contributed by atoms with E-state index >= 15 is 0 Å². The van der Waals surface area contributed by atoms with Crippen LogP contribution in [0, 0.1) is 23.3 Å². The Bertz CT molecular complexity index is 1170. The van der Waals surface area contributed by atoms with Crippen LogP contribution in [-0.4, -0.2) is 28.1 Å². The number of rotatable bonds is 9. The summed E-state index contributed by atoms with van der Waals surface area (Å²) in [6.45, 7) is 4.30. The molecule has 34 heavy (non-hydrogen) atoms. The number of hydrogen-bond acceptors (Lipinski definition) is 4. The highest BCUT2D eigenvalue weighted by molar-refractivity contribution is 6.08. The van der Waals surface area contributed by atoms with Gasteiger partial charge in [-0.05, 0) is 31.0 Å². The number of carbonyl (C=O) groups excluding carboxylic acids is 2. The lowest BCUT2D eigenvalue weighted by Gasteiger charge is -2.10. The smallest absolute Gasteiger partial charge is 0.273 e. The van der Waals surface area contributed by atoms with Crippen LogP contribution in [0.25, 0.3) is 0 Å². The molecule has 0 aliphatic heterocycles. The van der Waals surface area contributed by atoms with Gasteiger partial charge in [-0.2, -0.15) is 13.9 Å². The number of aromatic nitrogens is 2. The van der Waals surface area contributed by atoms with Gasteiger partial charge in [0.2, 0.25) is 11.6 Å². The molecule has 2 aromatic carbocycles. The van der Waals surface area contributed by atoms with Crippen LogP contribution in [0.3, 0.4) is 0 Å². The molecule has 0 fully saturated rings. The van der Waals surface area contributed by atoms with E-state index in [1.54, 1.807) is 6.20 Å². The maximum absolute atomic E-state index is 13.7. The first-order chi connectivity index (χ1) is 16.2. The molecule has 0 atom stereocenters. The molecule has 0 saturated heterocycles. The lowest BCUT2D eigenvalue weighted by molar-refractivity contribution is 0.0948. The van der Waals surface area contributed by atoms with E-state index in [9.17, 15) is 27.2 Å². The van der Waals surface area contributed by atoms with Gasteiger partial charge in [0.1, 0.15) is 6.61 Å². The summed E-state index contributed by atoms with van der Waals surface area (Å²) in [5.41, 5.74) is 0.938. The van der Waals surface area contributed by atoms with Crippen LogP contribution in [0.15, 0.2) is 36.5 Å². The monoisotopic (exact) mass is 478 g/mol. The highest BCUT2D eigenvalue weighted by Crippen LogP contribution is 2.27. The largest absolute Gasteiger partial charge is 0.483 e. The minimum atomic E-state index is -1.64. The van der Waals surface area contributed by atoms with Gasteiger partial charge in [-0.15, -0.1) is 0 Å². The summed E-state index contributed by atoms with van der Waals surface area (Å²) in [6, 6.07) is 5.84. The lowest BCUT2D eigenvalue weighted by atomic mass is 10.1. The number of ether oxygens (including phenoxy) is 1. The molecular weight excluding hydrogens is 456 g/mol.